The minimum Gasteiger partial charge on any atom is -0.325 e. The van der Waals surface area contributed by atoms with Crippen LogP contribution in [-0.4, -0.2) is 29.2 Å². The van der Waals surface area contributed by atoms with Crippen LogP contribution in [0.1, 0.15) is 6.92 Å². The molecule has 0 radical (unpaired) electrons. The lowest BCUT2D eigenvalue weighted by Crippen LogP contribution is -2.43. The van der Waals surface area contributed by atoms with E-state index in [1.807, 2.05) is 6.92 Å². The summed E-state index contributed by atoms with van der Waals surface area (Å²) in [4.78, 5) is 24.4. The van der Waals surface area contributed by atoms with Gasteiger partial charge in [-0.25, -0.2) is 0 Å². The lowest BCUT2D eigenvalue weighted by molar-refractivity contribution is -0.125. The van der Waals surface area contributed by atoms with E-state index in [-0.39, 0.29) is 11.7 Å². The number of carbonyl (C=O) groups excluding carboxylic acids is 2. The second-order valence-electron chi connectivity index (χ2n) is 3.70. The molecule has 0 aromatic heterocycles. The Morgan fingerprint density at radius 3 is 2.20 bits per heavy atom. The molecular formula is C11H10BrNO2. The predicted molar refractivity (Wildman–Crippen MR) is 60.4 cm³/mol. The molecule has 0 fully saturated rings. The first kappa shape index (κ1) is 10.4. The second kappa shape index (κ2) is 3.17. The van der Waals surface area contributed by atoms with Crippen molar-refractivity contribution in [3.63, 3.8) is 0 Å². The molecule has 0 bridgehead atoms. The summed E-state index contributed by atoms with van der Waals surface area (Å²) in [5, 5.41) is 0. The van der Waals surface area contributed by atoms with Gasteiger partial charge in [-0.05, 0) is 52.7 Å². The number of nitrogens with zero attached hydrogens (tertiary/aromatic N) is 1. The van der Waals surface area contributed by atoms with Gasteiger partial charge in [0.25, 0.3) is 5.91 Å². The van der Waals surface area contributed by atoms with Gasteiger partial charge in [-0.2, -0.15) is 0 Å². The van der Waals surface area contributed by atoms with E-state index in [0.717, 1.165) is 5.57 Å². The molecule has 2 aliphatic rings. The van der Waals surface area contributed by atoms with Crippen LogP contribution in [0.15, 0.2) is 34.4 Å². The van der Waals surface area contributed by atoms with Crippen LogP contribution in [-0.2, 0) is 9.59 Å². The van der Waals surface area contributed by atoms with Crippen LogP contribution in [0.5, 0.6) is 0 Å². The van der Waals surface area contributed by atoms with Gasteiger partial charge in [0.15, 0.2) is 5.78 Å². The maximum atomic E-state index is 11.7. The number of allylic oxidation sites excluding steroid dienone is 2. The van der Waals surface area contributed by atoms with E-state index in [2.05, 4.69) is 15.9 Å². The highest BCUT2D eigenvalue weighted by Crippen LogP contribution is 2.40. The van der Waals surface area contributed by atoms with Crippen LogP contribution in [0.25, 0.3) is 0 Å². The lowest BCUT2D eigenvalue weighted by Gasteiger charge is -2.33. The van der Waals surface area contributed by atoms with Crippen LogP contribution in [0.2, 0.25) is 0 Å². The SMILES string of the molecule is CC1=C(Br)C(=O)N(C)C12C=CC(=O)C=C2. The zero-order valence-electron chi connectivity index (χ0n) is 8.45. The number of carbonyl (C=O) groups is 2. The number of hydrogen-bond acceptors (Lipinski definition) is 2. The molecule has 1 aliphatic carbocycles. The second-order valence-corrected chi connectivity index (χ2v) is 4.49. The summed E-state index contributed by atoms with van der Waals surface area (Å²) in [6, 6.07) is 0. The van der Waals surface area contributed by atoms with Crippen molar-refractivity contribution in [1.29, 1.82) is 0 Å². The molecule has 3 nitrogen and oxygen atoms in total. The van der Waals surface area contributed by atoms with Gasteiger partial charge in [0.05, 0.1) is 4.48 Å². The van der Waals surface area contributed by atoms with E-state index in [1.165, 1.54) is 12.2 Å². The molecule has 4 heteroatoms. The first-order valence-electron chi connectivity index (χ1n) is 4.56. The Morgan fingerprint density at radius 2 is 1.80 bits per heavy atom. The van der Waals surface area contributed by atoms with Crippen LogP contribution >= 0.6 is 15.9 Å². The molecule has 15 heavy (non-hydrogen) atoms. The van der Waals surface area contributed by atoms with E-state index < -0.39 is 5.54 Å². The van der Waals surface area contributed by atoms with Crippen LogP contribution in [0.3, 0.4) is 0 Å². The van der Waals surface area contributed by atoms with E-state index in [9.17, 15) is 9.59 Å². The van der Waals surface area contributed by atoms with E-state index in [4.69, 9.17) is 0 Å². The van der Waals surface area contributed by atoms with Crippen LogP contribution in [0, 0.1) is 0 Å². The van der Waals surface area contributed by atoms with Crippen molar-refractivity contribution in [3.05, 3.63) is 34.4 Å². The number of ketones is 1. The maximum absolute atomic E-state index is 11.7. The Hall–Kier alpha value is -1.16. The fourth-order valence-corrected chi connectivity index (χ4v) is 2.49. The number of amides is 1. The van der Waals surface area contributed by atoms with Gasteiger partial charge in [0.1, 0.15) is 5.54 Å². The monoisotopic (exact) mass is 267 g/mol. The van der Waals surface area contributed by atoms with E-state index in [0.29, 0.717) is 4.48 Å². The Balaban J connectivity index is 2.55. The number of hydrogen-bond donors (Lipinski definition) is 0. The van der Waals surface area contributed by atoms with Crippen LogP contribution in [0.4, 0.5) is 0 Å². The fraction of sp³-hybridized carbons (Fsp3) is 0.273. The third-order valence-corrected chi connectivity index (χ3v) is 3.91. The van der Waals surface area contributed by atoms with Gasteiger partial charge in [0, 0.05) is 7.05 Å². The predicted octanol–water partition coefficient (Wildman–Crippen LogP) is 1.56. The Kier molecular flexibility index (Phi) is 2.19. The molecule has 2 rings (SSSR count). The normalized spacial score (nSPS) is 23.5. The highest BCUT2D eigenvalue weighted by Gasteiger charge is 2.44. The third kappa shape index (κ3) is 1.24. The molecule has 0 saturated heterocycles. The lowest BCUT2D eigenvalue weighted by atomic mass is 9.87. The molecule has 1 amide bonds. The highest BCUT2D eigenvalue weighted by molar-refractivity contribution is 9.12. The number of rotatable bonds is 0. The van der Waals surface area contributed by atoms with Gasteiger partial charge in [-0.15, -0.1) is 0 Å². The molecule has 0 aromatic rings. The van der Waals surface area contributed by atoms with Gasteiger partial charge in [0.2, 0.25) is 0 Å². The smallest absolute Gasteiger partial charge is 0.261 e. The molecule has 1 heterocycles. The summed E-state index contributed by atoms with van der Waals surface area (Å²) in [7, 11) is 1.73. The number of likely N-dealkylation sites (N-methyl/N-ethyl adjacent to an activating group) is 1. The maximum Gasteiger partial charge on any atom is 0.261 e. The van der Waals surface area contributed by atoms with Crippen molar-refractivity contribution in [3.8, 4) is 0 Å². The minimum atomic E-state index is -0.552. The number of halogens is 1. The Labute approximate surface area is 96.3 Å². The summed E-state index contributed by atoms with van der Waals surface area (Å²) in [6.45, 7) is 1.88. The van der Waals surface area contributed by atoms with E-state index in [1.54, 1.807) is 24.1 Å². The Bertz CT molecular complexity index is 430. The van der Waals surface area contributed by atoms with Crippen molar-refractivity contribution in [2.75, 3.05) is 7.05 Å². The largest absolute Gasteiger partial charge is 0.325 e. The van der Waals surface area contributed by atoms with E-state index >= 15 is 0 Å². The molecule has 0 N–H and O–H groups in total. The average Bonchev–Trinajstić information content (AvgIpc) is 2.39. The summed E-state index contributed by atoms with van der Waals surface area (Å²) in [6.07, 6.45) is 6.52. The quantitative estimate of drug-likeness (QED) is 0.668. The molecule has 78 valence electrons. The summed E-state index contributed by atoms with van der Waals surface area (Å²) >= 11 is 3.27. The molecular weight excluding hydrogens is 258 g/mol. The fourth-order valence-electron chi connectivity index (χ4n) is 1.91. The van der Waals surface area contributed by atoms with Gasteiger partial charge in [-0.1, -0.05) is 0 Å². The summed E-state index contributed by atoms with van der Waals surface area (Å²) in [5.41, 5.74) is 0.360. The van der Waals surface area contributed by atoms with Gasteiger partial charge >= 0.3 is 0 Å². The van der Waals surface area contributed by atoms with Gasteiger partial charge in [-0.3, -0.25) is 9.59 Å². The molecule has 0 unspecified atom stereocenters. The molecule has 1 spiro atoms. The zero-order chi connectivity index (χ0) is 11.2. The minimum absolute atomic E-state index is 0.0442. The highest BCUT2D eigenvalue weighted by atomic mass is 79.9. The van der Waals surface area contributed by atoms with Crippen LogP contribution < -0.4 is 0 Å². The zero-order valence-corrected chi connectivity index (χ0v) is 10.0. The molecule has 0 aromatic carbocycles. The van der Waals surface area contributed by atoms with Crippen molar-refractivity contribution in [1.82, 2.24) is 4.90 Å². The van der Waals surface area contributed by atoms with Crippen molar-refractivity contribution < 1.29 is 9.59 Å². The van der Waals surface area contributed by atoms with Crippen molar-refractivity contribution >= 4 is 27.6 Å². The van der Waals surface area contributed by atoms with Crippen molar-refractivity contribution in [2.24, 2.45) is 0 Å². The third-order valence-electron chi connectivity index (χ3n) is 2.98. The average molecular weight is 268 g/mol. The Morgan fingerprint density at radius 1 is 1.27 bits per heavy atom. The molecule has 0 atom stereocenters. The summed E-state index contributed by atoms with van der Waals surface area (Å²) in [5.74, 6) is -0.103. The van der Waals surface area contributed by atoms with Gasteiger partial charge < -0.3 is 4.90 Å². The first-order chi connectivity index (χ1) is 6.99. The first-order valence-corrected chi connectivity index (χ1v) is 5.36. The topological polar surface area (TPSA) is 37.4 Å². The molecule has 1 aliphatic heterocycles. The standard InChI is InChI=1S/C11H10BrNO2/c1-7-9(12)10(15)13(2)11(7)5-3-8(14)4-6-11/h3-6H,1-2H3. The molecule has 0 saturated carbocycles. The van der Waals surface area contributed by atoms with Crippen molar-refractivity contribution in [2.45, 2.75) is 12.5 Å². The summed E-state index contributed by atoms with van der Waals surface area (Å²) < 4.78 is 0.577.